The normalized spacial score (nSPS) is 12.3. The third kappa shape index (κ3) is 8.03. The Kier molecular flexibility index (Phi) is 10.6. The predicted molar refractivity (Wildman–Crippen MR) is 164 cm³/mol. The first-order valence-electron chi connectivity index (χ1n) is 13.8. The van der Waals surface area contributed by atoms with Crippen LogP contribution >= 0.6 is 0 Å². The van der Waals surface area contributed by atoms with Gasteiger partial charge < -0.3 is 19.7 Å². The zero-order chi connectivity index (χ0) is 31.1. The van der Waals surface area contributed by atoms with E-state index >= 15 is 0 Å². The molecule has 10 heteroatoms. The third-order valence-electron chi connectivity index (χ3n) is 6.62. The van der Waals surface area contributed by atoms with Gasteiger partial charge in [-0.05, 0) is 63.9 Å². The number of hydrogen-bond acceptors (Lipinski definition) is 6. The predicted octanol–water partition coefficient (Wildman–Crippen LogP) is 4.93. The molecule has 0 fully saturated rings. The molecule has 0 saturated heterocycles. The lowest BCUT2D eigenvalue weighted by molar-refractivity contribution is -0.141. The number of anilines is 1. The van der Waals surface area contributed by atoms with Gasteiger partial charge in [0, 0.05) is 18.2 Å². The molecule has 0 spiro atoms. The van der Waals surface area contributed by atoms with Gasteiger partial charge in [0.25, 0.3) is 10.0 Å². The highest BCUT2D eigenvalue weighted by Gasteiger charge is 2.35. The first-order chi connectivity index (χ1) is 19.8. The Morgan fingerprint density at radius 2 is 1.57 bits per heavy atom. The van der Waals surface area contributed by atoms with Gasteiger partial charge in [0.2, 0.25) is 11.8 Å². The van der Waals surface area contributed by atoms with Gasteiger partial charge >= 0.3 is 0 Å². The summed E-state index contributed by atoms with van der Waals surface area (Å²) in [4.78, 5) is 29.2. The molecule has 0 saturated carbocycles. The molecule has 3 rings (SSSR count). The average molecular weight is 596 g/mol. The van der Waals surface area contributed by atoms with Gasteiger partial charge in [-0.25, -0.2) is 8.42 Å². The van der Waals surface area contributed by atoms with Gasteiger partial charge in [-0.2, -0.15) is 0 Å². The molecule has 9 nitrogen and oxygen atoms in total. The van der Waals surface area contributed by atoms with E-state index in [9.17, 15) is 18.0 Å². The van der Waals surface area contributed by atoms with Crippen LogP contribution in [0.15, 0.2) is 77.7 Å². The van der Waals surface area contributed by atoms with Crippen LogP contribution in [-0.2, 0) is 26.2 Å². The summed E-state index contributed by atoms with van der Waals surface area (Å²) in [6.07, 6.45) is 0.327. The summed E-state index contributed by atoms with van der Waals surface area (Å²) < 4.78 is 40.3. The number of methoxy groups -OCH3 is 2. The second kappa shape index (κ2) is 13.7. The van der Waals surface area contributed by atoms with Crippen molar-refractivity contribution in [2.24, 2.45) is 0 Å². The van der Waals surface area contributed by atoms with Crippen LogP contribution in [0.5, 0.6) is 11.5 Å². The summed E-state index contributed by atoms with van der Waals surface area (Å²) in [5, 5.41) is 2.97. The Labute approximate surface area is 249 Å². The van der Waals surface area contributed by atoms with Gasteiger partial charge in [-0.15, -0.1) is 0 Å². The number of sulfonamides is 1. The van der Waals surface area contributed by atoms with E-state index < -0.39 is 34.1 Å². The van der Waals surface area contributed by atoms with Crippen molar-refractivity contribution in [3.63, 3.8) is 0 Å². The van der Waals surface area contributed by atoms with Crippen molar-refractivity contribution in [2.75, 3.05) is 25.1 Å². The van der Waals surface area contributed by atoms with Crippen LogP contribution in [0, 0.1) is 6.92 Å². The minimum Gasteiger partial charge on any atom is -0.497 e. The molecular weight excluding hydrogens is 554 g/mol. The van der Waals surface area contributed by atoms with Gasteiger partial charge in [-0.3, -0.25) is 13.9 Å². The monoisotopic (exact) mass is 595 g/mol. The minimum absolute atomic E-state index is 0.0119. The number of carbonyl (C=O) groups is 2. The molecule has 0 aliphatic rings. The highest BCUT2D eigenvalue weighted by Crippen LogP contribution is 2.36. The largest absolute Gasteiger partial charge is 0.497 e. The van der Waals surface area contributed by atoms with Crippen molar-refractivity contribution < 1.29 is 27.5 Å². The molecule has 0 aliphatic carbocycles. The summed E-state index contributed by atoms with van der Waals surface area (Å²) in [6, 6.07) is 19.6. The fraction of sp³-hybridized carbons (Fsp3) is 0.375. The Balaban J connectivity index is 2.15. The number of benzene rings is 3. The molecule has 3 aromatic rings. The quantitative estimate of drug-likeness (QED) is 0.318. The standard InChI is InChI=1S/C32H41N3O6S/c1-8-27(31(37)33-32(3,4)5)34(21-24-12-10-9-11-13-24)30(36)22-35(28-20-25(40-6)16-19-29(28)41-7)42(38,39)26-17-14-23(2)15-18-26/h9-20,27H,8,21-22H2,1-7H3,(H,33,37)/t27-/m0/s1. The number of amides is 2. The van der Waals surface area contributed by atoms with Crippen molar-refractivity contribution in [3.8, 4) is 11.5 Å². The summed E-state index contributed by atoms with van der Waals surface area (Å²) in [5.74, 6) is -0.234. The highest BCUT2D eigenvalue weighted by atomic mass is 32.2. The molecule has 42 heavy (non-hydrogen) atoms. The van der Waals surface area contributed by atoms with Crippen LogP contribution in [0.1, 0.15) is 45.2 Å². The Bertz CT molecular complexity index is 1470. The molecule has 1 atom stereocenters. The van der Waals surface area contributed by atoms with Crippen LogP contribution in [0.4, 0.5) is 5.69 Å². The lowest BCUT2D eigenvalue weighted by atomic mass is 10.1. The molecule has 0 bridgehead atoms. The fourth-order valence-corrected chi connectivity index (χ4v) is 5.91. The smallest absolute Gasteiger partial charge is 0.264 e. The number of ether oxygens (including phenoxy) is 2. The molecule has 0 radical (unpaired) electrons. The first-order valence-corrected chi connectivity index (χ1v) is 15.2. The summed E-state index contributed by atoms with van der Waals surface area (Å²) in [5.41, 5.74) is 1.30. The number of hydrogen-bond donors (Lipinski definition) is 1. The second-order valence-corrected chi connectivity index (χ2v) is 12.9. The average Bonchev–Trinajstić information content (AvgIpc) is 2.95. The number of carbonyl (C=O) groups excluding carboxylic acids is 2. The van der Waals surface area contributed by atoms with Gasteiger partial charge in [0.15, 0.2) is 0 Å². The Hall–Kier alpha value is -4.05. The molecule has 0 unspecified atom stereocenters. The zero-order valence-corrected chi connectivity index (χ0v) is 26.2. The van der Waals surface area contributed by atoms with Crippen molar-refractivity contribution in [3.05, 3.63) is 83.9 Å². The fourth-order valence-electron chi connectivity index (χ4n) is 4.49. The lowest BCUT2D eigenvalue weighted by Gasteiger charge is -2.35. The first kappa shape index (κ1) is 32.5. The van der Waals surface area contributed by atoms with Gasteiger partial charge in [0.1, 0.15) is 24.1 Å². The van der Waals surface area contributed by atoms with Gasteiger partial charge in [-0.1, -0.05) is 55.0 Å². The molecule has 226 valence electrons. The van der Waals surface area contributed by atoms with Crippen LogP contribution in [0.25, 0.3) is 0 Å². The molecule has 2 amide bonds. The van der Waals surface area contributed by atoms with Crippen LogP contribution in [0.3, 0.4) is 0 Å². The van der Waals surface area contributed by atoms with E-state index in [1.807, 2.05) is 65.0 Å². The SMILES string of the molecule is CC[C@@H](C(=O)NC(C)(C)C)N(Cc1ccccc1)C(=O)CN(c1cc(OC)ccc1OC)S(=O)(=O)c1ccc(C)cc1. The van der Waals surface area contributed by atoms with E-state index in [-0.39, 0.29) is 28.8 Å². The van der Waals surface area contributed by atoms with Crippen molar-refractivity contribution >= 4 is 27.5 Å². The zero-order valence-electron chi connectivity index (χ0n) is 25.4. The summed E-state index contributed by atoms with van der Waals surface area (Å²) in [6.45, 7) is 8.82. The van der Waals surface area contributed by atoms with Crippen molar-refractivity contribution in [1.29, 1.82) is 0 Å². The summed E-state index contributed by atoms with van der Waals surface area (Å²) in [7, 11) is -1.37. The second-order valence-electron chi connectivity index (χ2n) is 11.0. The molecule has 0 heterocycles. The maximum absolute atomic E-state index is 14.3. The van der Waals surface area contributed by atoms with Gasteiger partial charge in [0.05, 0.1) is 24.8 Å². The van der Waals surface area contributed by atoms with E-state index in [1.54, 1.807) is 24.3 Å². The topological polar surface area (TPSA) is 105 Å². The van der Waals surface area contributed by atoms with Crippen molar-refractivity contribution in [2.45, 2.75) is 64.1 Å². The van der Waals surface area contributed by atoms with E-state index in [0.717, 1.165) is 15.4 Å². The van der Waals surface area contributed by atoms with E-state index in [0.29, 0.717) is 12.2 Å². The Morgan fingerprint density at radius 1 is 0.929 bits per heavy atom. The molecular formula is C32H41N3O6S. The lowest BCUT2D eigenvalue weighted by Crippen LogP contribution is -2.55. The number of aryl methyl sites for hydroxylation is 1. The maximum Gasteiger partial charge on any atom is 0.264 e. The molecule has 3 aromatic carbocycles. The third-order valence-corrected chi connectivity index (χ3v) is 8.40. The number of nitrogens with zero attached hydrogens (tertiary/aromatic N) is 2. The number of nitrogens with one attached hydrogen (secondary N) is 1. The van der Waals surface area contributed by atoms with Crippen LogP contribution in [0.2, 0.25) is 0 Å². The molecule has 0 aliphatic heterocycles. The van der Waals surface area contributed by atoms with Crippen LogP contribution in [-0.4, -0.2) is 57.5 Å². The van der Waals surface area contributed by atoms with Crippen LogP contribution < -0.4 is 19.1 Å². The maximum atomic E-state index is 14.3. The summed E-state index contributed by atoms with van der Waals surface area (Å²) >= 11 is 0. The molecule has 0 aromatic heterocycles. The minimum atomic E-state index is -4.26. The number of rotatable bonds is 12. The van der Waals surface area contributed by atoms with Crippen molar-refractivity contribution in [1.82, 2.24) is 10.2 Å². The Morgan fingerprint density at radius 3 is 2.12 bits per heavy atom. The van der Waals surface area contributed by atoms with E-state index in [2.05, 4.69) is 5.32 Å². The van der Waals surface area contributed by atoms with E-state index in [4.69, 9.17) is 9.47 Å². The highest BCUT2D eigenvalue weighted by molar-refractivity contribution is 7.92. The molecule has 1 N–H and O–H groups in total. The van der Waals surface area contributed by atoms with E-state index in [1.165, 1.54) is 37.3 Å².